The van der Waals surface area contributed by atoms with Crippen molar-refractivity contribution in [2.75, 3.05) is 19.3 Å². The van der Waals surface area contributed by atoms with E-state index < -0.39 is 0 Å². The fourth-order valence-corrected chi connectivity index (χ4v) is 1.81. The Morgan fingerprint density at radius 3 is 2.90 bits per heavy atom. The SMILES string of the molecule is COc1cc2c(cc1/C=N\Nc1ccccn1)OCO2. The number of fused-ring (bicyclic) bond motifs is 1. The number of hydrazone groups is 1. The van der Waals surface area contributed by atoms with Crippen LogP contribution in [0.5, 0.6) is 17.2 Å². The number of rotatable bonds is 4. The summed E-state index contributed by atoms with van der Waals surface area (Å²) in [6, 6.07) is 9.16. The molecule has 1 N–H and O–H groups in total. The van der Waals surface area contributed by atoms with E-state index in [1.807, 2.05) is 24.3 Å². The molecular formula is C14H13N3O3. The van der Waals surface area contributed by atoms with Crippen molar-refractivity contribution >= 4 is 12.0 Å². The molecule has 0 aliphatic carbocycles. The summed E-state index contributed by atoms with van der Waals surface area (Å²) in [4.78, 5) is 4.11. The Hall–Kier alpha value is -2.76. The van der Waals surface area contributed by atoms with E-state index in [1.54, 1.807) is 25.6 Å². The zero-order valence-corrected chi connectivity index (χ0v) is 10.9. The molecule has 0 radical (unpaired) electrons. The second kappa shape index (κ2) is 5.48. The maximum absolute atomic E-state index is 5.33. The first-order valence-corrected chi connectivity index (χ1v) is 6.04. The Kier molecular flexibility index (Phi) is 3.36. The molecule has 0 unspecified atom stereocenters. The van der Waals surface area contributed by atoms with Gasteiger partial charge in [0.15, 0.2) is 11.5 Å². The molecular weight excluding hydrogens is 258 g/mol. The van der Waals surface area contributed by atoms with E-state index in [4.69, 9.17) is 14.2 Å². The van der Waals surface area contributed by atoms with Crippen LogP contribution in [-0.2, 0) is 0 Å². The Labute approximate surface area is 116 Å². The van der Waals surface area contributed by atoms with Gasteiger partial charge in [-0.2, -0.15) is 5.10 Å². The Morgan fingerprint density at radius 1 is 1.30 bits per heavy atom. The predicted octanol–water partition coefficient (Wildman–Crippen LogP) is 2.26. The molecule has 0 bridgehead atoms. The van der Waals surface area contributed by atoms with E-state index >= 15 is 0 Å². The molecule has 6 nitrogen and oxygen atoms in total. The third-order valence-electron chi connectivity index (χ3n) is 2.77. The maximum Gasteiger partial charge on any atom is 0.231 e. The fraction of sp³-hybridized carbons (Fsp3) is 0.143. The third kappa shape index (κ3) is 2.49. The first-order chi connectivity index (χ1) is 9.86. The average Bonchev–Trinajstić information content (AvgIpc) is 2.94. The minimum atomic E-state index is 0.227. The van der Waals surface area contributed by atoms with Gasteiger partial charge in [-0.25, -0.2) is 4.98 Å². The third-order valence-corrected chi connectivity index (χ3v) is 2.77. The van der Waals surface area contributed by atoms with Crippen LogP contribution < -0.4 is 19.6 Å². The number of methoxy groups -OCH3 is 1. The normalized spacial score (nSPS) is 12.7. The summed E-state index contributed by atoms with van der Waals surface area (Å²) in [5, 5.41) is 4.13. The lowest BCUT2D eigenvalue weighted by molar-refractivity contribution is 0.174. The quantitative estimate of drug-likeness (QED) is 0.682. The van der Waals surface area contributed by atoms with Crippen molar-refractivity contribution in [3.8, 4) is 17.2 Å². The van der Waals surface area contributed by atoms with Crippen LogP contribution in [0.3, 0.4) is 0 Å². The lowest BCUT2D eigenvalue weighted by atomic mass is 10.2. The smallest absolute Gasteiger partial charge is 0.231 e. The number of nitrogens with one attached hydrogen (secondary N) is 1. The molecule has 1 aliphatic rings. The van der Waals surface area contributed by atoms with Gasteiger partial charge in [0.2, 0.25) is 6.79 Å². The monoisotopic (exact) mass is 271 g/mol. The lowest BCUT2D eigenvalue weighted by Gasteiger charge is -2.06. The standard InChI is InChI=1S/C14H13N3O3/c1-18-11-7-13-12(19-9-20-13)6-10(11)8-16-17-14-4-2-3-5-15-14/h2-8H,9H2,1H3,(H,15,17)/b16-8-. The number of anilines is 1. The van der Waals surface area contributed by atoms with Crippen LogP contribution in [-0.4, -0.2) is 25.1 Å². The van der Waals surface area contributed by atoms with Crippen molar-refractivity contribution < 1.29 is 14.2 Å². The van der Waals surface area contributed by atoms with Gasteiger partial charge in [-0.05, 0) is 18.2 Å². The molecule has 0 amide bonds. The molecule has 0 saturated heterocycles. The van der Waals surface area contributed by atoms with Crippen LogP contribution in [0.4, 0.5) is 5.82 Å². The van der Waals surface area contributed by atoms with Crippen molar-refractivity contribution in [2.24, 2.45) is 5.10 Å². The molecule has 1 aromatic carbocycles. The van der Waals surface area contributed by atoms with Crippen molar-refractivity contribution in [1.82, 2.24) is 4.98 Å². The molecule has 2 aromatic rings. The van der Waals surface area contributed by atoms with Gasteiger partial charge in [-0.3, -0.25) is 5.43 Å². The van der Waals surface area contributed by atoms with Crippen molar-refractivity contribution in [1.29, 1.82) is 0 Å². The average molecular weight is 271 g/mol. The van der Waals surface area contributed by atoms with E-state index in [-0.39, 0.29) is 6.79 Å². The zero-order chi connectivity index (χ0) is 13.8. The van der Waals surface area contributed by atoms with Crippen molar-refractivity contribution in [3.63, 3.8) is 0 Å². The molecule has 0 spiro atoms. The fourth-order valence-electron chi connectivity index (χ4n) is 1.81. The Balaban J connectivity index is 1.80. The molecule has 0 fully saturated rings. The molecule has 1 aromatic heterocycles. The van der Waals surface area contributed by atoms with Crippen LogP contribution >= 0.6 is 0 Å². The molecule has 0 atom stereocenters. The molecule has 102 valence electrons. The van der Waals surface area contributed by atoms with Crippen LogP contribution in [0.2, 0.25) is 0 Å². The van der Waals surface area contributed by atoms with Gasteiger partial charge in [0.1, 0.15) is 11.6 Å². The van der Waals surface area contributed by atoms with Crippen molar-refractivity contribution in [3.05, 3.63) is 42.1 Å². The highest BCUT2D eigenvalue weighted by atomic mass is 16.7. The number of ether oxygens (including phenoxy) is 3. The molecule has 2 heterocycles. The zero-order valence-electron chi connectivity index (χ0n) is 10.9. The first-order valence-electron chi connectivity index (χ1n) is 6.04. The molecule has 1 aliphatic heterocycles. The largest absolute Gasteiger partial charge is 0.496 e. The molecule has 20 heavy (non-hydrogen) atoms. The summed E-state index contributed by atoms with van der Waals surface area (Å²) in [6.07, 6.45) is 3.34. The van der Waals surface area contributed by atoms with Gasteiger partial charge in [0.25, 0.3) is 0 Å². The van der Waals surface area contributed by atoms with E-state index in [0.29, 0.717) is 23.1 Å². The summed E-state index contributed by atoms with van der Waals surface area (Å²) in [5.74, 6) is 2.70. The molecule has 6 heteroatoms. The van der Waals surface area contributed by atoms with Crippen molar-refractivity contribution in [2.45, 2.75) is 0 Å². The van der Waals surface area contributed by atoms with Crippen LogP contribution in [0.25, 0.3) is 0 Å². The summed E-state index contributed by atoms with van der Waals surface area (Å²) >= 11 is 0. The number of hydrogen-bond donors (Lipinski definition) is 1. The molecule has 3 rings (SSSR count). The highest BCUT2D eigenvalue weighted by Crippen LogP contribution is 2.37. The topological polar surface area (TPSA) is 65.0 Å². The van der Waals surface area contributed by atoms with E-state index in [9.17, 15) is 0 Å². The minimum Gasteiger partial charge on any atom is -0.496 e. The number of aromatic nitrogens is 1. The summed E-state index contributed by atoms with van der Waals surface area (Å²) in [7, 11) is 1.60. The Morgan fingerprint density at radius 2 is 2.15 bits per heavy atom. The summed E-state index contributed by atoms with van der Waals surface area (Å²) in [6.45, 7) is 0.227. The summed E-state index contributed by atoms with van der Waals surface area (Å²) in [5.41, 5.74) is 3.63. The number of pyridine rings is 1. The minimum absolute atomic E-state index is 0.227. The number of hydrogen-bond acceptors (Lipinski definition) is 6. The van der Waals surface area contributed by atoms with E-state index in [1.165, 1.54) is 0 Å². The summed E-state index contributed by atoms with van der Waals surface area (Å²) < 4.78 is 15.9. The van der Waals surface area contributed by atoms with Crippen LogP contribution in [0.1, 0.15) is 5.56 Å². The van der Waals surface area contributed by atoms with Gasteiger partial charge < -0.3 is 14.2 Å². The van der Waals surface area contributed by atoms with Gasteiger partial charge in [0.05, 0.1) is 13.3 Å². The second-order valence-electron chi connectivity index (χ2n) is 4.03. The van der Waals surface area contributed by atoms with E-state index in [0.717, 1.165) is 5.56 Å². The maximum atomic E-state index is 5.33. The highest BCUT2D eigenvalue weighted by molar-refractivity contribution is 5.85. The highest BCUT2D eigenvalue weighted by Gasteiger charge is 2.16. The van der Waals surface area contributed by atoms with Gasteiger partial charge >= 0.3 is 0 Å². The second-order valence-corrected chi connectivity index (χ2v) is 4.03. The van der Waals surface area contributed by atoms with Gasteiger partial charge in [0, 0.05) is 17.8 Å². The van der Waals surface area contributed by atoms with Gasteiger partial charge in [-0.1, -0.05) is 6.07 Å². The molecule has 0 saturated carbocycles. The van der Waals surface area contributed by atoms with Crippen LogP contribution in [0, 0.1) is 0 Å². The van der Waals surface area contributed by atoms with E-state index in [2.05, 4.69) is 15.5 Å². The first kappa shape index (κ1) is 12.3. The predicted molar refractivity (Wildman–Crippen MR) is 74.6 cm³/mol. The lowest BCUT2D eigenvalue weighted by Crippen LogP contribution is -1.95. The van der Waals surface area contributed by atoms with Crippen LogP contribution in [0.15, 0.2) is 41.6 Å². The number of benzene rings is 1. The Bertz CT molecular complexity index is 629. The van der Waals surface area contributed by atoms with Gasteiger partial charge in [-0.15, -0.1) is 0 Å². The number of nitrogens with zero attached hydrogens (tertiary/aromatic N) is 2.